The second-order valence-corrected chi connectivity index (χ2v) is 19.4. The molecule has 3 aromatic heterocycles. The molecule has 0 saturated carbocycles. The van der Waals surface area contributed by atoms with Crippen LogP contribution in [0.2, 0.25) is 0 Å². The van der Waals surface area contributed by atoms with Gasteiger partial charge in [-0.2, -0.15) is 0 Å². The van der Waals surface area contributed by atoms with Gasteiger partial charge in [0.25, 0.3) is 0 Å². The van der Waals surface area contributed by atoms with Gasteiger partial charge >= 0.3 is 0 Å². The fourth-order valence-corrected chi connectivity index (χ4v) is 8.91. The van der Waals surface area contributed by atoms with Gasteiger partial charge in [-0.3, -0.25) is 14.8 Å². The summed E-state index contributed by atoms with van der Waals surface area (Å²) >= 11 is 1.76. The van der Waals surface area contributed by atoms with Gasteiger partial charge in [-0.1, -0.05) is 126 Å². The predicted molar refractivity (Wildman–Crippen MR) is 223 cm³/mol. The van der Waals surface area contributed by atoms with Crippen LogP contribution in [0.25, 0.3) is 42.5 Å². The molecule has 5 rings (SSSR count). The zero-order chi connectivity index (χ0) is 38.9. The van der Waals surface area contributed by atoms with Crippen molar-refractivity contribution in [2.45, 2.75) is 116 Å². The number of aromatic nitrogens is 3. The van der Waals surface area contributed by atoms with Gasteiger partial charge in [0, 0.05) is 69.9 Å². The summed E-state index contributed by atoms with van der Waals surface area (Å²) in [7, 11) is 0. The molecule has 0 saturated heterocycles. The number of ketones is 1. The van der Waals surface area contributed by atoms with E-state index in [-0.39, 0.29) is 54.3 Å². The van der Waals surface area contributed by atoms with E-state index in [4.69, 9.17) is 9.97 Å². The molecule has 0 unspecified atom stereocenters. The molecule has 0 aliphatic heterocycles. The zero-order valence-corrected chi connectivity index (χ0v) is 37.9. The Morgan fingerprint density at radius 1 is 0.830 bits per heavy atom. The zero-order valence-electron chi connectivity index (χ0n) is 34.7. The third kappa shape index (κ3) is 10.8. The van der Waals surface area contributed by atoms with Crippen LogP contribution in [0.1, 0.15) is 114 Å². The summed E-state index contributed by atoms with van der Waals surface area (Å²) in [6, 6.07) is 16.8. The maximum atomic E-state index is 12.3. The molecule has 5 aromatic rings. The molecule has 0 amide bonds. The Hall–Kier alpha value is -2.99. The molecule has 3 heterocycles. The first-order valence-corrected chi connectivity index (χ1v) is 19.9. The van der Waals surface area contributed by atoms with Gasteiger partial charge in [-0.15, -0.1) is 34.9 Å². The van der Waals surface area contributed by atoms with Crippen LogP contribution in [0.4, 0.5) is 0 Å². The van der Waals surface area contributed by atoms with E-state index in [1.54, 1.807) is 17.7 Å². The number of hydrogen-bond donors (Lipinski definition) is 1. The van der Waals surface area contributed by atoms with Crippen molar-refractivity contribution in [2.75, 3.05) is 0 Å². The number of carbonyl (C=O) groups excluding carboxylic acids is 1. The van der Waals surface area contributed by atoms with Crippen molar-refractivity contribution in [2.24, 2.45) is 40.9 Å². The molecule has 5 nitrogen and oxygen atoms in total. The fraction of sp³-hybridized carbons (Fsp3) is 0.522. The Morgan fingerprint density at radius 2 is 1.43 bits per heavy atom. The molecule has 1 N–H and O–H groups in total. The first kappa shape index (κ1) is 44.4. The van der Waals surface area contributed by atoms with E-state index in [0.717, 1.165) is 39.1 Å². The van der Waals surface area contributed by atoms with Crippen molar-refractivity contribution in [3.63, 3.8) is 0 Å². The standard InChI is InChI=1S/C29H30N3S.C17H32O2.Ir/c1-17-8-10-19-14-22(32-27(21(19)12-17)29(5,6)7)25-26-24(30-16-31-25)20-11-9-18(13-23(20)33-26)15-28(2,3)4;1-10(2)16(11(3)4)14(18)9-15(19)17(12(5)6)13(7)8;/h8-13,16H,15H2,1-7H3;9-13,16-18H,1-8H3;/q-1;;/b;14-9-;. The van der Waals surface area contributed by atoms with E-state index in [0.29, 0.717) is 23.7 Å². The maximum Gasteiger partial charge on any atom is 0.162 e. The molecule has 0 spiro atoms. The van der Waals surface area contributed by atoms with Crippen LogP contribution < -0.4 is 0 Å². The largest absolute Gasteiger partial charge is 0.512 e. The minimum absolute atomic E-state index is 0. The number of aliphatic hydroxyl groups is 1. The monoisotopic (exact) mass is 913 g/mol. The van der Waals surface area contributed by atoms with Crippen molar-refractivity contribution in [3.05, 3.63) is 77.4 Å². The Morgan fingerprint density at radius 3 is 1.98 bits per heavy atom. The predicted octanol–water partition coefficient (Wildman–Crippen LogP) is 12.9. The second-order valence-electron chi connectivity index (χ2n) is 18.3. The second kappa shape index (κ2) is 17.6. The molecular weight excluding hydrogens is 851 g/mol. The minimum Gasteiger partial charge on any atom is -0.512 e. The van der Waals surface area contributed by atoms with Gasteiger partial charge in [-0.05, 0) is 59.5 Å². The normalized spacial score (nSPS) is 12.9. The van der Waals surface area contributed by atoms with Crippen molar-refractivity contribution >= 4 is 48.2 Å². The number of aryl methyl sites for hydroxylation is 1. The SMILES string of the molecule is CC(C)C(C(=O)/C=C(\O)C(C(C)C)C(C)C)C(C)C.Cc1ccc2[c-]c(-c3ncnc4c3sc3cc(CC(C)(C)C)ccc34)nc(C(C)(C)C)c2c1.[Ir]. The molecule has 0 fully saturated rings. The summed E-state index contributed by atoms with van der Waals surface area (Å²) in [6.07, 6.45) is 4.19. The summed E-state index contributed by atoms with van der Waals surface area (Å²) in [6.45, 7) is 32.2. The number of allylic oxidation sites excluding steroid dienone is 2. The van der Waals surface area contributed by atoms with Crippen LogP contribution in [0, 0.1) is 53.9 Å². The molecular formula is C46H62IrN3O2S-. The van der Waals surface area contributed by atoms with Gasteiger partial charge in [0.2, 0.25) is 0 Å². The van der Waals surface area contributed by atoms with Crippen molar-refractivity contribution in [3.8, 4) is 11.4 Å². The van der Waals surface area contributed by atoms with Crippen LogP contribution >= 0.6 is 11.3 Å². The number of benzene rings is 2. The summed E-state index contributed by atoms with van der Waals surface area (Å²) in [4.78, 5) is 26.9. The summed E-state index contributed by atoms with van der Waals surface area (Å²) in [5, 5.41) is 13.7. The Bertz CT molecular complexity index is 2050. The maximum absolute atomic E-state index is 12.3. The van der Waals surface area contributed by atoms with Crippen LogP contribution in [0.15, 0.2) is 54.6 Å². The van der Waals surface area contributed by atoms with Crippen LogP contribution in [-0.2, 0) is 36.7 Å². The van der Waals surface area contributed by atoms with E-state index in [9.17, 15) is 9.90 Å². The van der Waals surface area contributed by atoms with Crippen LogP contribution in [-0.4, -0.2) is 25.8 Å². The Labute approximate surface area is 336 Å². The van der Waals surface area contributed by atoms with Gasteiger partial charge in [0.15, 0.2) is 5.78 Å². The first-order chi connectivity index (χ1) is 24.1. The number of nitrogens with zero attached hydrogens (tertiary/aromatic N) is 3. The Balaban J connectivity index is 0.000000327. The number of thiophene rings is 1. The number of aliphatic hydroxyl groups excluding tert-OH is 1. The Kier molecular flexibility index (Phi) is 14.8. The first-order valence-electron chi connectivity index (χ1n) is 19.0. The van der Waals surface area contributed by atoms with E-state index in [2.05, 4.69) is 151 Å². The molecule has 0 aliphatic rings. The third-order valence-corrected chi connectivity index (χ3v) is 10.9. The average molecular weight is 913 g/mol. The molecule has 53 heavy (non-hydrogen) atoms. The van der Waals surface area contributed by atoms with Gasteiger partial charge < -0.3 is 5.11 Å². The van der Waals surface area contributed by atoms with Crippen LogP contribution in [0.3, 0.4) is 0 Å². The van der Waals surface area contributed by atoms with Gasteiger partial charge in [-0.25, -0.2) is 4.98 Å². The van der Waals surface area contributed by atoms with E-state index < -0.39 is 0 Å². The summed E-state index contributed by atoms with van der Waals surface area (Å²) < 4.78 is 2.33. The topological polar surface area (TPSA) is 76.0 Å². The third-order valence-electron chi connectivity index (χ3n) is 9.73. The molecule has 7 heteroatoms. The number of pyridine rings is 1. The average Bonchev–Trinajstić information content (AvgIpc) is 3.36. The quantitative estimate of drug-likeness (QED) is 0.0906. The molecule has 1 radical (unpaired) electrons. The van der Waals surface area contributed by atoms with Crippen molar-refractivity contribution in [1.29, 1.82) is 0 Å². The summed E-state index contributed by atoms with van der Waals surface area (Å²) in [5.41, 5.74) is 6.49. The number of carbonyl (C=O) groups is 1. The molecule has 0 aliphatic carbocycles. The van der Waals surface area contributed by atoms with Crippen molar-refractivity contribution in [1.82, 2.24) is 15.0 Å². The van der Waals surface area contributed by atoms with Crippen molar-refractivity contribution < 1.29 is 30.0 Å². The molecule has 289 valence electrons. The number of rotatable bonds is 9. The minimum atomic E-state index is -0.0932. The van der Waals surface area contributed by atoms with E-state index in [1.807, 2.05) is 0 Å². The summed E-state index contributed by atoms with van der Waals surface area (Å²) in [5.74, 6) is 1.63. The van der Waals surface area contributed by atoms with E-state index in [1.165, 1.54) is 32.7 Å². The van der Waals surface area contributed by atoms with Crippen LogP contribution in [0.5, 0.6) is 0 Å². The smallest absolute Gasteiger partial charge is 0.162 e. The van der Waals surface area contributed by atoms with Gasteiger partial charge in [0.1, 0.15) is 6.33 Å². The van der Waals surface area contributed by atoms with Gasteiger partial charge in [0.05, 0.1) is 11.3 Å². The van der Waals surface area contributed by atoms with E-state index >= 15 is 0 Å². The number of hydrogen-bond acceptors (Lipinski definition) is 6. The fourth-order valence-electron chi connectivity index (χ4n) is 7.70. The number of fused-ring (bicyclic) bond motifs is 4. The molecule has 0 atom stereocenters. The molecule has 0 bridgehead atoms. The molecule has 2 aromatic carbocycles.